The van der Waals surface area contributed by atoms with E-state index in [1.165, 1.54) is 0 Å². The highest BCUT2D eigenvalue weighted by Gasteiger charge is 2.24. The quantitative estimate of drug-likeness (QED) is 0.313. The van der Waals surface area contributed by atoms with Gasteiger partial charge >= 0.3 is 0 Å². The van der Waals surface area contributed by atoms with Gasteiger partial charge in [-0.3, -0.25) is 4.79 Å². The fourth-order valence-electron chi connectivity index (χ4n) is 4.35. The van der Waals surface area contributed by atoms with E-state index in [0.717, 1.165) is 33.2 Å². The Hall–Kier alpha value is -3.46. The first-order chi connectivity index (χ1) is 16.5. The van der Waals surface area contributed by atoms with Crippen molar-refractivity contribution in [3.63, 3.8) is 0 Å². The van der Waals surface area contributed by atoms with Crippen molar-refractivity contribution < 1.29 is 18.8 Å². The number of hydrogen-bond acceptors (Lipinski definition) is 4. The van der Waals surface area contributed by atoms with E-state index in [-0.39, 0.29) is 6.61 Å². The Morgan fingerprint density at radius 2 is 2.00 bits per heavy atom. The van der Waals surface area contributed by atoms with E-state index in [4.69, 9.17) is 10.5 Å². The summed E-state index contributed by atoms with van der Waals surface area (Å²) < 4.78 is 22.3. The number of rotatable bonds is 8. The molecule has 0 bridgehead atoms. The molecular weight excluding hydrogens is 450 g/mol. The standard InChI is InChI=1S/C26H25N3O4S/c27-26(31)18-5-3-4-16(10-18)19-11-17-8-9-33-25(17)24(13-19)34(32)29-21(15-30)12-20-14-28-23-7-2-1-6-22(20)23/h1-7,10-11,13-14,21,28-30H,8-9,12,15H2,(H2,27,31)/t21-,34?/m1/s1. The molecule has 3 aromatic carbocycles. The van der Waals surface area contributed by atoms with Crippen molar-refractivity contribution in [2.24, 2.45) is 5.73 Å². The second kappa shape index (κ2) is 9.42. The topological polar surface area (TPSA) is 117 Å². The lowest BCUT2D eigenvalue weighted by Crippen LogP contribution is -2.36. The number of aliphatic hydroxyl groups excluding tert-OH is 1. The fraction of sp³-hybridized carbons (Fsp3) is 0.192. The molecule has 174 valence electrons. The Morgan fingerprint density at radius 3 is 2.82 bits per heavy atom. The Balaban J connectivity index is 1.44. The Bertz CT molecular complexity index is 1400. The molecule has 5 N–H and O–H groups in total. The largest absolute Gasteiger partial charge is 0.492 e. The zero-order valence-electron chi connectivity index (χ0n) is 18.4. The number of nitrogens with one attached hydrogen (secondary N) is 2. The maximum atomic E-state index is 13.5. The van der Waals surface area contributed by atoms with Gasteiger partial charge in [0.1, 0.15) is 16.7 Å². The lowest BCUT2D eigenvalue weighted by atomic mass is 10.00. The first-order valence-electron chi connectivity index (χ1n) is 11.1. The molecule has 1 aromatic heterocycles. The number of aromatic amines is 1. The summed E-state index contributed by atoms with van der Waals surface area (Å²) in [5.41, 5.74) is 10.5. The minimum absolute atomic E-state index is 0.172. The van der Waals surface area contributed by atoms with Crippen LogP contribution in [0.25, 0.3) is 22.0 Å². The number of carbonyl (C=O) groups is 1. The molecule has 0 saturated heterocycles. The zero-order chi connectivity index (χ0) is 23.7. The van der Waals surface area contributed by atoms with Crippen LogP contribution in [-0.2, 0) is 23.8 Å². The number of primary amides is 1. The smallest absolute Gasteiger partial charge is 0.248 e. The van der Waals surface area contributed by atoms with Gasteiger partial charge < -0.3 is 20.6 Å². The average molecular weight is 476 g/mol. The second-order valence-corrected chi connectivity index (χ2v) is 9.55. The van der Waals surface area contributed by atoms with Gasteiger partial charge in [-0.05, 0) is 59.0 Å². The maximum absolute atomic E-state index is 13.5. The Morgan fingerprint density at radius 1 is 1.15 bits per heavy atom. The van der Waals surface area contributed by atoms with Gasteiger partial charge in [0.25, 0.3) is 0 Å². The van der Waals surface area contributed by atoms with E-state index in [1.54, 1.807) is 18.2 Å². The molecule has 7 nitrogen and oxygen atoms in total. The molecule has 34 heavy (non-hydrogen) atoms. The third kappa shape index (κ3) is 4.35. The van der Waals surface area contributed by atoms with E-state index >= 15 is 0 Å². The SMILES string of the molecule is NC(=O)c1cccc(-c2cc3c(c(S(=O)N[C@@H](CO)Cc4c[nH]c5ccccc45)c2)OCC3)c1. The molecule has 2 atom stereocenters. The summed E-state index contributed by atoms with van der Waals surface area (Å²) in [6.45, 7) is 0.345. The highest BCUT2D eigenvalue weighted by Crippen LogP contribution is 2.36. The van der Waals surface area contributed by atoms with Gasteiger partial charge in [-0.15, -0.1) is 0 Å². The van der Waals surface area contributed by atoms with Gasteiger partial charge in [-0.2, -0.15) is 0 Å². The predicted molar refractivity (Wildman–Crippen MR) is 132 cm³/mol. The number of aliphatic hydroxyl groups is 1. The van der Waals surface area contributed by atoms with Crippen LogP contribution in [0.4, 0.5) is 0 Å². The van der Waals surface area contributed by atoms with Crippen LogP contribution in [0, 0.1) is 0 Å². The predicted octanol–water partition coefficient (Wildman–Crippen LogP) is 3.08. The van der Waals surface area contributed by atoms with E-state index in [0.29, 0.717) is 35.7 Å². The minimum Gasteiger partial charge on any atom is -0.492 e. The lowest BCUT2D eigenvalue weighted by Gasteiger charge is -2.17. The summed E-state index contributed by atoms with van der Waals surface area (Å²) in [7, 11) is -1.63. The minimum atomic E-state index is -1.63. The van der Waals surface area contributed by atoms with E-state index in [1.807, 2.05) is 48.7 Å². The van der Waals surface area contributed by atoms with Crippen molar-refractivity contribution in [3.05, 3.63) is 83.6 Å². The van der Waals surface area contributed by atoms with Crippen molar-refractivity contribution in [1.29, 1.82) is 0 Å². The molecule has 0 saturated carbocycles. The van der Waals surface area contributed by atoms with Gasteiger partial charge in [0, 0.05) is 35.1 Å². The van der Waals surface area contributed by atoms with Crippen LogP contribution >= 0.6 is 0 Å². The number of para-hydroxylation sites is 1. The van der Waals surface area contributed by atoms with E-state index < -0.39 is 22.9 Å². The van der Waals surface area contributed by atoms with E-state index in [9.17, 15) is 14.1 Å². The van der Waals surface area contributed by atoms with Crippen LogP contribution in [-0.4, -0.2) is 39.5 Å². The van der Waals surface area contributed by atoms with Crippen molar-refractivity contribution in [2.45, 2.75) is 23.8 Å². The highest BCUT2D eigenvalue weighted by atomic mass is 32.2. The molecule has 0 spiro atoms. The molecule has 8 heteroatoms. The molecule has 0 radical (unpaired) electrons. The summed E-state index contributed by atoms with van der Waals surface area (Å²) in [5, 5.41) is 11.1. The number of carbonyl (C=O) groups excluding carboxylic acids is 1. The summed E-state index contributed by atoms with van der Waals surface area (Å²) >= 11 is 0. The number of aromatic nitrogens is 1. The van der Waals surface area contributed by atoms with Gasteiger partial charge in [0.15, 0.2) is 0 Å². The van der Waals surface area contributed by atoms with Crippen LogP contribution < -0.4 is 15.2 Å². The number of benzene rings is 3. The first-order valence-corrected chi connectivity index (χ1v) is 12.2. The molecule has 2 heterocycles. The molecular formula is C26H25N3O4S. The van der Waals surface area contributed by atoms with Gasteiger partial charge in [0.2, 0.25) is 5.91 Å². The average Bonchev–Trinajstić information content (AvgIpc) is 3.50. The summed E-state index contributed by atoms with van der Waals surface area (Å²) in [5.74, 6) is 0.115. The monoisotopic (exact) mass is 475 g/mol. The summed E-state index contributed by atoms with van der Waals surface area (Å²) in [4.78, 5) is 15.4. The molecule has 0 fully saturated rings. The maximum Gasteiger partial charge on any atom is 0.248 e. The number of ether oxygens (including phenoxy) is 1. The van der Waals surface area contributed by atoms with Crippen LogP contribution in [0.3, 0.4) is 0 Å². The molecule has 5 rings (SSSR count). The zero-order valence-corrected chi connectivity index (χ0v) is 19.2. The molecule has 4 aromatic rings. The number of hydrogen-bond donors (Lipinski definition) is 4. The number of amides is 1. The normalized spacial score (nSPS) is 14.5. The molecule has 0 aliphatic carbocycles. The highest BCUT2D eigenvalue weighted by molar-refractivity contribution is 7.83. The third-order valence-corrected chi connectivity index (χ3v) is 7.32. The number of fused-ring (bicyclic) bond motifs is 2. The van der Waals surface area contributed by atoms with Crippen molar-refractivity contribution in [1.82, 2.24) is 9.71 Å². The molecule has 1 unspecified atom stereocenters. The molecule has 1 aliphatic heterocycles. The molecule has 1 aliphatic rings. The Kier molecular flexibility index (Phi) is 6.19. The summed E-state index contributed by atoms with van der Waals surface area (Å²) in [6.07, 6.45) is 3.14. The van der Waals surface area contributed by atoms with Crippen molar-refractivity contribution in [3.8, 4) is 16.9 Å². The molecule has 1 amide bonds. The van der Waals surface area contributed by atoms with Crippen LogP contribution in [0.15, 0.2) is 71.8 Å². The lowest BCUT2D eigenvalue weighted by molar-refractivity contribution is 0.100. The number of H-pyrrole nitrogens is 1. The third-order valence-electron chi connectivity index (χ3n) is 6.07. The van der Waals surface area contributed by atoms with Crippen LogP contribution in [0.5, 0.6) is 5.75 Å². The Labute approximate surface area is 199 Å². The fourth-order valence-corrected chi connectivity index (χ4v) is 5.53. The van der Waals surface area contributed by atoms with E-state index in [2.05, 4.69) is 9.71 Å². The van der Waals surface area contributed by atoms with Gasteiger partial charge in [-0.1, -0.05) is 30.3 Å². The van der Waals surface area contributed by atoms with Gasteiger partial charge in [0.05, 0.1) is 18.1 Å². The van der Waals surface area contributed by atoms with Crippen LogP contribution in [0.1, 0.15) is 21.5 Å². The van der Waals surface area contributed by atoms with Crippen molar-refractivity contribution >= 4 is 27.8 Å². The number of nitrogens with two attached hydrogens (primary N) is 1. The van der Waals surface area contributed by atoms with Gasteiger partial charge in [-0.25, -0.2) is 8.93 Å². The second-order valence-electron chi connectivity index (χ2n) is 8.34. The first kappa shape index (κ1) is 22.3. The van der Waals surface area contributed by atoms with Crippen molar-refractivity contribution in [2.75, 3.05) is 13.2 Å². The summed E-state index contributed by atoms with van der Waals surface area (Å²) in [6, 6.07) is 18.4. The van der Waals surface area contributed by atoms with Crippen LogP contribution in [0.2, 0.25) is 0 Å².